The number of hydrogen-bond acceptors (Lipinski definition) is 5. The van der Waals surface area contributed by atoms with Crippen molar-refractivity contribution in [3.05, 3.63) is 54.2 Å². The standard InChI is InChI=1S/C14H14N4O3/c1-10(11-4-6-15-7-5-11)17-18-14(20)13(19)16-9-12-3-2-8-21-12/h2-8H,9H2,1H3,(H,16,19)(H,18,20)/b17-10-. The highest BCUT2D eigenvalue weighted by molar-refractivity contribution is 6.35. The zero-order chi connectivity index (χ0) is 15.1. The minimum atomic E-state index is -0.838. The topological polar surface area (TPSA) is 96.6 Å². The Balaban J connectivity index is 1.85. The molecule has 0 aliphatic heterocycles. The summed E-state index contributed by atoms with van der Waals surface area (Å²) >= 11 is 0. The quantitative estimate of drug-likeness (QED) is 0.494. The first-order valence-electron chi connectivity index (χ1n) is 6.22. The van der Waals surface area contributed by atoms with Crippen LogP contribution in [0.25, 0.3) is 0 Å². The number of hydrogen-bond donors (Lipinski definition) is 2. The lowest BCUT2D eigenvalue weighted by molar-refractivity contribution is -0.139. The maximum Gasteiger partial charge on any atom is 0.329 e. The Morgan fingerprint density at radius 3 is 2.67 bits per heavy atom. The second-order valence-corrected chi connectivity index (χ2v) is 4.14. The monoisotopic (exact) mass is 286 g/mol. The van der Waals surface area contributed by atoms with Crippen molar-refractivity contribution in [1.82, 2.24) is 15.7 Å². The van der Waals surface area contributed by atoms with Gasteiger partial charge in [0.1, 0.15) is 5.76 Å². The van der Waals surface area contributed by atoms with Crippen molar-refractivity contribution in [2.24, 2.45) is 5.10 Å². The van der Waals surface area contributed by atoms with Crippen LogP contribution in [0.4, 0.5) is 0 Å². The molecule has 2 N–H and O–H groups in total. The van der Waals surface area contributed by atoms with E-state index >= 15 is 0 Å². The lowest BCUT2D eigenvalue weighted by Gasteiger charge is -2.03. The zero-order valence-corrected chi connectivity index (χ0v) is 11.4. The molecule has 2 rings (SSSR count). The average molecular weight is 286 g/mol. The number of aromatic nitrogens is 1. The smallest absolute Gasteiger partial charge is 0.329 e. The Kier molecular flexibility index (Phi) is 4.81. The number of furan rings is 1. The number of carbonyl (C=O) groups excluding carboxylic acids is 2. The number of pyridine rings is 1. The predicted molar refractivity (Wildman–Crippen MR) is 75.1 cm³/mol. The van der Waals surface area contributed by atoms with E-state index in [2.05, 4.69) is 20.8 Å². The van der Waals surface area contributed by atoms with Crippen molar-refractivity contribution in [3.63, 3.8) is 0 Å². The van der Waals surface area contributed by atoms with Crippen LogP contribution in [0.1, 0.15) is 18.2 Å². The third kappa shape index (κ3) is 4.27. The fourth-order valence-electron chi connectivity index (χ4n) is 1.50. The Morgan fingerprint density at radius 1 is 1.24 bits per heavy atom. The van der Waals surface area contributed by atoms with Crippen LogP contribution >= 0.6 is 0 Å². The van der Waals surface area contributed by atoms with Crippen LogP contribution < -0.4 is 10.7 Å². The van der Waals surface area contributed by atoms with Gasteiger partial charge in [-0.15, -0.1) is 0 Å². The number of rotatable bonds is 4. The van der Waals surface area contributed by atoms with Gasteiger partial charge in [0.15, 0.2) is 0 Å². The van der Waals surface area contributed by atoms with Crippen molar-refractivity contribution < 1.29 is 14.0 Å². The molecular formula is C14H14N4O3. The average Bonchev–Trinajstić information content (AvgIpc) is 3.04. The van der Waals surface area contributed by atoms with Crippen molar-refractivity contribution in [3.8, 4) is 0 Å². The van der Waals surface area contributed by atoms with Crippen LogP contribution in [0.2, 0.25) is 0 Å². The Morgan fingerprint density at radius 2 is 2.00 bits per heavy atom. The van der Waals surface area contributed by atoms with Crippen LogP contribution in [0, 0.1) is 0 Å². The molecule has 0 fully saturated rings. The van der Waals surface area contributed by atoms with Gasteiger partial charge in [0, 0.05) is 18.0 Å². The van der Waals surface area contributed by atoms with E-state index in [9.17, 15) is 9.59 Å². The fraction of sp³-hybridized carbons (Fsp3) is 0.143. The van der Waals surface area contributed by atoms with E-state index in [1.54, 1.807) is 43.6 Å². The van der Waals surface area contributed by atoms with Gasteiger partial charge in [-0.05, 0) is 31.2 Å². The van der Waals surface area contributed by atoms with E-state index in [0.717, 1.165) is 5.56 Å². The van der Waals surface area contributed by atoms with Crippen LogP contribution in [-0.4, -0.2) is 22.5 Å². The predicted octanol–water partition coefficient (Wildman–Crippen LogP) is 0.831. The largest absolute Gasteiger partial charge is 0.467 e. The summed E-state index contributed by atoms with van der Waals surface area (Å²) in [5.41, 5.74) is 3.58. The van der Waals surface area contributed by atoms with Gasteiger partial charge in [-0.25, -0.2) is 5.43 Å². The van der Waals surface area contributed by atoms with Crippen LogP contribution in [0.15, 0.2) is 52.4 Å². The van der Waals surface area contributed by atoms with E-state index in [1.807, 2.05) is 0 Å². The first kappa shape index (κ1) is 14.4. The molecule has 21 heavy (non-hydrogen) atoms. The molecule has 0 unspecified atom stereocenters. The summed E-state index contributed by atoms with van der Waals surface area (Å²) in [6.07, 6.45) is 4.72. The van der Waals surface area contributed by atoms with Gasteiger partial charge < -0.3 is 9.73 Å². The highest BCUT2D eigenvalue weighted by Crippen LogP contribution is 1.99. The normalized spacial score (nSPS) is 11.0. The van der Waals surface area contributed by atoms with Crippen LogP contribution in [-0.2, 0) is 16.1 Å². The summed E-state index contributed by atoms with van der Waals surface area (Å²) in [4.78, 5) is 27.0. The highest BCUT2D eigenvalue weighted by Gasteiger charge is 2.12. The Labute approximate surface area is 121 Å². The number of hydrazone groups is 1. The first-order chi connectivity index (χ1) is 10.2. The molecule has 0 aliphatic rings. The summed E-state index contributed by atoms with van der Waals surface area (Å²) in [6, 6.07) is 6.90. The van der Waals surface area contributed by atoms with E-state index in [4.69, 9.17) is 4.42 Å². The number of carbonyl (C=O) groups is 2. The molecule has 0 aromatic carbocycles. The number of nitrogens with one attached hydrogen (secondary N) is 2. The van der Waals surface area contributed by atoms with Crippen molar-refractivity contribution in [1.29, 1.82) is 0 Å². The van der Waals surface area contributed by atoms with Crippen molar-refractivity contribution in [2.75, 3.05) is 0 Å². The molecule has 0 radical (unpaired) electrons. The molecule has 2 aromatic rings. The van der Waals surface area contributed by atoms with Crippen LogP contribution in [0.3, 0.4) is 0 Å². The highest BCUT2D eigenvalue weighted by atomic mass is 16.3. The second kappa shape index (κ2) is 6.99. The third-order valence-corrected chi connectivity index (χ3v) is 2.63. The number of amides is 2. The van der Waals surface area contributed by atoms with E-state index in [-0.39, 0.29) is 6.54 Å². The Bertz CT molecular complexity index is 636. The minimum Gasteiger partial charge on any atom is -0.467 e. The van der Waals surface area contributed by atoms with E-state index in [1.165, 1.54) is 6.26 Å². The maximum atomic E-state index is 11.6. The lowest BCUT2D eigenvalue weighted by atomic mass is 10.2. The summed E-state index contributed by atoms with van der Waals surface area (Å²) in [6.45, 7) is 1.86. The minimum absolute atomic E-state index is 0.145. The molecule has 0 atom stereocenters. The van der Waals surface area contributed by atoms with Gasteiger partial charge in [0.25, 0.3) is 0 Å². The van der Waals surface area contributed by atoms with Gasteiger partial charge in [-0.3, -0.25) is 14.6 Å². The summed E-state index contributed by atoms with van der Waals surface area (Å²) < 4.78 is 5.04. The molecular weight excluding hydrogens is 272 g/mol. The lowest BCUT2D eigenvalue weighted by Crippen LogP contribution is -2.37. The molecule has 0 aliphatic carbocycles. The third-order valence-electron chi connectivity index (χ3n) is 2.63. The van der Waals surface area contributed by atoms with E-state index in [0.29, 0.717) is 11.5 Å². The summed E-state index contributed by atoms with van der Waals surface area (Å²) in [5.74, 6) is -1.06. The van der Waals surface area contributed by atoms with Gasteiger partial charge in [0.2, 0.25) is 0 Å². The molecule has 108 valence electrons. The zero-order valence-electron chi connectivity index (χ0n) is 11.4. The van der Waals surface area contributed by atoms with Crippen molar-refractivity contribution >= 4 is 17.5 Å². The molecule has 0 saturated carbocycles. The molecule has 2 heterocycles. The Hall–Kier alpha value is -2.96. The molecule has 0 saturated heterocycles. The molecule has 7 nitrogen and oxygen atoms in total. The first-order valence-corrected chi connectivity index (χ1v) is 6.22. The molecule has 2 aromatic heterocycles. The van der Waals surface area contributed by atoms with Gasteiger partial charge in [0.05, 0.1) is 18.5 Å². The maximum absolute atomic E-state index is 11.6. The molecule has 0 spiro atoms. The number of nitrogens with zero attached hydrogens (tertiary/aromatic N) is 2. The molecule has 0 bridgehead atoms. The van der Waals surface area contributed by atoms with Gasteiger partial charge >= 0.3 is 11.8 Å². The summed E-state index contributed by atoms with van der Waals surface area (Å²) in [7, 11) is 0. The summed E-state index contributed by atoms with van der Waals surface area (Å²) in [5, 5.41) is 6.29. The van der Waals surface area contributed by atoms with Crippen molar-refractivity contribution in [2.45, 2.75) is 13.5 Å². The second-order valence-electron chi connectivity index (χ2n) is 4.14. The SMILES string of the molecule is C/C(=N/NC(=O)C(=O)NCc1ccco1)c1ccncc1. The van der Waals surface area contributed by atoms with Crippen LogP contribution in [0.5, 0.6) is 0 Å². The molecule has 7 heteroatoms. The van der Waals surface area contributed by atoms with Gasteiger partial charge in [-0.2, -0.15) is 5.10 Å². The van der Waals surface area contributed by atoms with Gasteiger partial charge in [-0.1, -0.05) is 0 Å². The van der Waals surface area contributed by atoms with E-state index < -0.39 is 11.8 Å². The fourth-order valence-corrected chi connectivity index (χ4v) is 1.50. The molecule has 2 amide bonds.